The van der Waals surface area contributed by atoms with Gasteiger partial charge in [0.1, 0.15) is 11.5 Å². The number of methoxy groups -OCH3 is 1. The first-order valence-corrected chi connectivity index (χ1v) is 7.74. The maximum atomic E-state index is 13.1. The van der Waals surface area contributed by atoms with Gasteiger partial charge >= 0.3 is 12.1 Å². The second kappa shape index (κ2) is 6.57. The molecule has 1 aliphatic rings. The van der Waals surface area contributed by atoms with E-state index in [9.17, 15) is 18.0 Å². The highest BCUT2D eigenvalue weighted by atomic mass is 35.5. The van der Waals surface area contributed by atoms with Gasteiger partial charge in [-0.25, -0.2) is 4.79 Å². The molecule has 2 aromatic carbocycles. The Morgan fingerprint density at radius 1 is 1.23 bits per heavy atom. The van der Waals surface area contributed by atoms with Crippen LogP contribution in [0.15, 0.2) is 42.0 Å². The van der Waals surface area contributed by atoms with Gasteiger partial charge in [-0.05, 0) is 41.5 Å². The molecule has 1 unspecified atom stereocenters. The fourth-order valence-corrected chi connectivity index (χ4v) is 2.93. The van der Waals surface area contributed by atoms with Crippen molar-refractivity contribution >= 4 is 23.6 Å². The summed E-state index contributed by atoms with van der Waals surface area (Å²) < 4.78 is 49.4. The van der Waals surface area contributed by atoms with Gasteiger partial charge in [0.2, 0.25) is 6.10 Å². The predicted octanol–water partition coefficient (Wildman–Crippen LogP) is 4.81. The number of fused-ring (bicyclic) bond motifs is 1. The SMILES string of the molecule is COc1cccc(-c2cc(Cl)c3c(c2)C=C(C(=O)O)C(C(F)(F)F)O3)c1. The topological polar surface area (TPSA) is 55.8 Å². The molecule has 0 saturated heterocycles. The van der Waals surface area contributed by atoms with Crippen LogP contribution in [0.25, 0.3) is 17.2 Å². The molecule has 26 heavy (non-hydrogen) atoms. The van der Waals surface area contributed by atoms with Crippen LogP contribution in [0, 0.1) is 0 Å². The zero-order valence-electron chi connectivity index (χ0n) is 13.3. The first-order chi connectivity index (χ1) is 12.2. The summed E-state index contributed by atoms with van der Waals surface area (Å²) in [4.78, 5) is 11.2. The lowest BCUT2D eigenvalue weighted by molar-refractivity contribution is -0.187. The lowest BCUT2D eigenvalue weighted by atomic mass is 9.97. The molecule has 0 fully saturated rings. The standard InChI is InChI=1S/C18H12ClF3O4/c1-25-12-4-2-3-9(6-12)10-5-11-7-13(17(23)24)16(18(20,21)22)26-15(11)14(19)8-10/h2-8,16H,1H3,(H,23,24). The van der Waals surface area contributed by atoms with Crippen LogP contribution in [0.1, 0.15) is 5.56 Å². The second-order valence-electron chi connectivity index (χ2n) is 5.55. The number of rotatable bonds is 3. The van der Waals surface area contributed by atoms with Crippen molar-refractivity contribution in [3.8, 4) is 22.6 Å². The fraction of sp³-hybridized carbons (Fsp3) is 0.167. The van der Waals surface area contributed by atoms with Crippen LogP contribution >= 0.6 is 11.6 Å². The average molecular weight is 385 g/mol. The molecule has 8 heteroatoms. The predicted molar refractivity (Wildman–Crippen MR) is 89.5 cm³/mol. The molecule has 1 aliphatic heterocycles. The summed E-state index contributed by atoms with van der Waals surface area (Å²) in [5.41, 5.74) is 0.553. The molecule has 3 rings (SSSR count). The van der Waals surface area contributed by atoms with Crippen molar-refractivity contribution in [1.82, 2.24) is 0 Å². The molecule has 0 amide bonds. The minimum absolute atomic E-state index is 0.0461. The van der Waals surface area contributed by atoms with E-state index in [-0.39, 0.29) is 16.3 Å². The van der Waals surface area contributed by atoms with E-state index in [0.717, 1.165) is 6.08 Å². The number of hydrogen-bond acceptors (Lipinski definition) is 3. The van der Waals surface area contributed by atoms with E-state index in [0.29, 0.717) is 16.9 Å². The number of alkyl halides is 3. The Labute approximate surface area is 151 Å². The van der Waals surface area contributed by atoms with Crippen molar-refractivity contribution in [2.75, 3.05) is 7.11 Å². The van der Waals surface area contributed by atoms with E-state index in [1.54, 1.807) is 24.3 Å². The highest BCUT2D eigenvalue weighted by Gasteiger charge is 2.48. The van der Waals surface area contributed by atoms with E-state index < -0.39 is 23.8 Å². The Kier molecular flexibility index (Phi) is 4.58. The van der Waals surface area contributed by atoms with Gasteiger partial charge in [-0.2, -0.15) is 13.2 Å². The molecule has 1 atom stereocenters. The molecule has 136 valence electrons. The molecule has 0 aromatic heterocycles. The van der Waals surface area contributed by atoms with E-state index in [1.807, 2.05) is 0 Å². The summed E-state index contributed by atoms with van der Waals surface area (Å²) in [5.74, 6) is -1.32. The van der Waals surface area contributed by atoms with Gasteiger partial charge in [-0.1, -0.05) is 23.7 Å². The third-order valence-corrected chi connectivity index (χ3v) is 4.13. The Hall–Kier alpha value is -2.67. The van der Waals surface area contributed by atoms with Crippen molar-refractivity contribution in [2.24, 2.45) is 0 Å². The second-order valence-corrected chi connectivity index (χ2v) is 5.96. The summed E-state index contributed by atoms with van der Waals surface area (Å²) in [6.07, 6.45) is -6.52. The molecular weight excluding hydrogens is 373 g/mol. The monoisotopic (exact) mass is 384 g/mol. The van der Waals surface area contributed by atoms with Crippen molar-refractivity contribution in [2.45, 2.75) is 12.3 Å². The average Bonchev–Trinajstić information content (AvgIpc) is 2.59. The molecule has 1 N–H and O–H groups in total. The summed E-state index contributed by atoms with van der Waals surface area (Å²) >= 11 is 6.11. The first kappa shape index (κ1) is 18.1. The van der Waals surface area contributed by atoms with Gasteiger partial charge in [0.15, 0.2) is 0 Å². The van der Waals surface area contributed by atoms with Crippen molar-refractivity contribution in [3.05, 3.63) is 52.6 Å². The summed E-state index contributed by atoms with van der Waals surface area (Å²) in [7, 11) is 1.51. The minimum Gasteiger partial charge on any atom is -0.497 e. The molecule has 0 bridgehead atoms. The number of ether oxygens (including phenoxy) is 2. The highest BCUT2D eigenvalue weighted by molar-refractivity contribution is 6.32. The van der Waals surface area contributed by atoms with Crippen molar-refractivity contribution in [3.63, 3.8) is 0 Å². The normalized spacial score (nSPS) is 16.3. The number of benzene rings is 2. The van der Waals surface area contributed by atoms with E-state index >= 15 is 0 Å². The molecule has 2 aromatic rings. The number of carboxylic acid groups (broad SMARTS) is 1. The number of hydrogen-bond donors (Lipinski definition) is 1. The summed E-state index contributed by atoms with van der Waals surface area (Å²) in [6.45, 7) is 0. The molecule has 4 nitrogen and oxygen atoms in total. The van der Waals surface area contributed by atoms with Crippen LogP contribution in [0.3, 0.4) is 0 Å². The molecular formula is C18H12ClF3O4. The van der Waals surface area contributed by atoms with Crippen LogP contribution in [0.5, 0.6) is 11.5 Å². The van der Waals surface area contributed by atoms with E-state index in [1.165, 1.54) is 19.2 Å². The molecule has 0 saturated carbocycles. The zero-order valence-corrected chi connectivity index (χ0v) is 14.1. The largest absolute Gasteiger partial charge is 0.497 e. The summed E-state index contributed by atoms with van der Waals surface area (Å²) in [6, 6.07) is 9.96. The first-order valence-electron chi connectivity index (χ1n) is 7.37. The number of carbonyl (C=O) groups is 1. The lowest BCUT2D eigenvalue weighted by Gasteiger charge is -2.28. The van der Waals surface area contributed by atoms with Crippen LogP contribution in [-0.2, 0) is 4.79 Å². The molecule has 1 heterocycles. The van der Waals surface area contributed by atoms with Gasteiger partial charge in [0, 0.05) is 5.56 Å². The van der Waals surface area contributed by atoms with Gasteiger partial charge < -0.3 is 14.6 Å². The Bertz CT molecular complexity index is 906. The van der Waals surface area contributed by atoms with Gasteiger partial charge in [-0.15, -0.1) is 0 Å². The van der Waals surface area contributed by atoms with Crippen LogP contribution in [0.4, 0.5) is 13.2 Å². The fourth-order valence-electron chi connectivity index (χ4n) is 2.66. The van der Waals surface area contributed by atoms with Gasteiger partial charge in [0.25, 0.3) is 0 Å². The van der Waals surface area contributed by atoms with Crippen LogP contribution in [-0.4, -0.2) is 30.5 Å². The molecule has 0 spiro atoms. The highest BCUT2D eigenvalue weighted by Crippen LogP contribution is 2.43. The van der Waals surface area contributed by atoms with Crippen LogP contribution in [0.2, 0.25) is 5.02 Å². The smallest absolute Gasteiger partial charge is 0.430 e. The van der Waals surface area contributed by atoms with Crippen molar-refractivity contribution in [1.29, 1.82) is 0 Å². The van der Waals surface area contributed by atoms with Crippen LogP contribution < -0.4 is 9.47 Å². The quantitative estimate of drug-likeness (QED) is 0.825. The van der Waals surface area contributed by atoms with Crippen molar-refractivity contribution < 1.29 is 32.5 Å². The molecule has 0 aliphatic carbocycles. The summed E-state index contributed by atoms with van der Waals surface area (Å²) in [5, 5.41) is 9.08. The minimum atomic E-state index is -4.88. The lowest BCUT2D eigenvalue weighted by Crippen LogP contribution is -2.40. The van der Waals surface area contributed by atoms with E-state index in [2.05, 4.69) is 0 Å². The zero-order chi connectivity index (χ0) is 19.1. The maximum Gasteiger partial charge on any atom is 0.430 e. The van der Waals surface area contributed by atoms with Gasteiger partial charge in [-0.3, -0.25) is 0 Å². The Morgan fingerprint density at radius 2 is 1.96 bits per heavy atom. The Morgan fingerprint density at radius 3 is 2.58 bits per heavy atom. The maximum absolute atomic E-state index is 13.1. The number of aliphatic carboxylic acids is 1. The molecule has 0 radical (unpaired) electrons. The third-order valence-electron chi connectivity index (χ3n) is 3.85. The number of halogens is 4. The Balaban J connectivity index is 2.13. The number of carboxylic acids is 1. The van der Waals surface area contributed by atoms with Gasteiger partial charge in [0.05, 0.1) is 17.7 Å². The third kappa shape index (κ3) is 3.35. The van der Waals surface area contributed by atoms with E-state index in [4.69, 9.17) is 26.2 Å².